The number of aryl methyl sites for hydroxylation is 1. The van der Waals surface area contributed by atoms with E-state index in [1.165, 1.54) is 12.5 Å². The SMILES string of the molecule is CCCc1ccc(C(=O)CCC(=O)O[C@@H](C)C(=O)Nc2ccccc2C#N)cc1. The van der Waals surface area contributed by atoms with Crippen molar-refractivity contribution in [3.05, 3.63) is 65.2 Å². The van der Waals surface area contributed by atoms with E-state index in [-0.39, 0.29) is 18.6 Å². The van der Waals surface area contributed by atoms with Crippen LogP contribution in [-0.4, -0.2) is 23.8 Å². The summed E-state index contributed by atoms with van der Waals surface area (Å²) in [5.74, 6) is -1.32. The molecule has 2 aromatic rings. The highest BCUT2D eigenvalue weighted by Crippen LogP contribution is 2.15. The summed E-state index contributed by atoms with van der Waals surface area (Å²) in [6.45, 7) is 3.53. The van der Waals surface area contributed by atoms with Crippen LogP contribution in [-0.2, 0) is 20.7 Å². The van der Waals surface area contributed by atoms with E-state index in [2.05, 4.69) is 12.2 Å². The van der Waals surface area contributed by atoms with Crippen LogP contribution < -0.4 is 5.32 Å². The van der Waals surface area contributed by atoms with Gasteiger partial charge in [-0.15, -0.1) is 0 Å². The number of carbonyl (C=O) groups excluding carboxylic acids is 3. The standard InChI is InChI=1S/C23H24N2O4/c1-3-6-17-9-11-18(12-10-17)21(26)13-14-22(27)29-16(2)23(28)25-20-8-5-4-7-19(20)15-24/h4-5,7-12,16H,3,6,13-14H2,1-2H3,(H,25,28)/t16-/m0/s1. The molecule has 6 heteroatoms. The third-order valence-corrected chi connectivity index (χ3v) is 4.35. The molecule has 1 atom stereocenters. The van der Waals surface area contributed by atoms with Crippen LogP contribution >= 0.6 is 0 Å². The zero-order valence-corrected chi connectivity index (χ0v) is 16.6. The van der Waals surface area contributed by atoms with Gasteiger partial charge in [0.15, 0.2) is 11.9 Å². The summed E-state index contributed by atoms with van der Waals surface area (Å²) in [7, 11) is 0. The van der Waals surface area contributed by atoms with Gasteiger partial charge in [-0.3, -0.25) is 14.4 Å². The topological polar surface area (TPSA) is 96.3 Å². The normalized spacial score (nSPS) is 11.2. The molecule has 1 N–H and O–H groups in total. The second-order valence-corrected chi connectivity index (χ2v) is 6.65. The predicted octanol–water partition coefficient (Wildman–Crippen LogP) is 4.04. The minimum atomic E-state index is -1.04. The fourth-order valence-corrected chi connectivity index (χ4v) is 2.74. The lowest BCUT2D eigenvalue weighted by molar-refractivity contribution is -0.153. The zero-order chi connectivity index (χ0) is 21.2. The number of nitrogens with one attached hydrogen (secondary N) is 1. The third kappa shape index (κ3) is 6.58. The molecule has 150 valence electrons. The molecule has 0 radical (unpaired) electrons. The van der Waals surface area contributed by atoms with E-state index in [1.807, 2.05) is 18.2 Å². The lowest BCUT2D eigenvalue weighted by Gasteiger charge is -2.14. The Balaban J connectivity index is 1.82. The highest BCUT2D eigenvalue weighted by atomic mass is 16.5. The Bertz CT molecular complexity index is 913. The van der Waals surface area contributed by atoms with E-state index < -0.39 is 18.0 Å². The Hall–Kier alpha value is -3.46. The number of ketones is 1. The number of hydrogen-bond donors (Lipinski definition) is 1. The van der Waals surface area contributed by atoms with Gasteiger partial charge in [-0.2, -0.15) is 5.26 Å². The highest BCUT2D eigenvalue weighted by Gasteiger charge is 2.19. The van der Waals surface area contributed by atoms with Gasteiger partial charge in [0.25, 0.3) is 5.91 Å². The van der Waals surface area contributed by atoms with E-state index in [4.69, 9.17) is 10.00 Å². The van der Waals surface area contributed by atoms with Crippen LogP contribution in [0, 0.1) is 11.3 Å². The minimum Gasteiger partial charge on any atom is -0.453 e. The van der Waals surface area contributed by atoms with Crippen molar-refractivity contribution < 1.29 is 19.1 Å². The first-order chi connectivity index (χ1) is 13.9. The first-order valence-corrected chi connectivity index (χ1v) is 9.56. The first-order valence-electron chi connectivity index (χ1n) is 9.56. The number of nitrogens with zero attached hydrogens (tertiary/aromatic N) is 1. The van der Waals surface area contributed by atoms with Gasteiger partial charge in [0, 0.05) is 12.0 Å². The average molecular weight is 392 g/mol. The van der Waals surface area contributed by atoms with Crippen molar-refractivity contribution in [3.8, 4) is 6.07 Å². The molecule has 0 aliphatic rings. The molecular weight excluding hydrogens is 368 g/mol. The van der Waals surface area contributed by atoms with Crippen LogP contribution in [0.3, 0.4) is 0 Å². The number of rotatable bonds is 9. The number of amides is 1. The summed E-state index contributed by atoms with van der Waals surface area (Å²) in [5.41, 5.74) is 2.39. The Kier molecular flexibility index (Phi) is 8.11. The van der Waals surface area contributed by atoms with Gasteiger partial charge in [-0.25, -0.2) is 0 Å². The number of hydrogen-bond acceptors (Lipinski definition) is 5. The van der Waals surface area contributed by atoms with E-state index in [0.717, 1.165) is 12.8 Å². The Morgan fingerprint density at radius 2 is 1.76 bits per heavy atom. The maximum Gasteiger partial charge on any atom is 0.307 e. The van der Waals surface area contributed by atoms with Crippen LogP contribution in [0.15, 0.2) is 48.5 Å². The second-order valence-electron chi connectivity index (χ2n) is 6.65. The van der Waals surface area contributed by atoms with E-state index in [9.17, 15) is 14.4 Å². The third-order valence-electron chi connectivity index (χ3n) is 4.35. The molecule has 1 amide bonds. The van der Waals surface area contributed by atoms with E-state index in [0.29, 0.717) is 16.8 Å². The van der Waals surface area contributed by atoms with Gasteiger partial charge in [-0.05, 0) is 31.0 Å². The van der Waals surface area contributed by atoms with Crippen molar-refractivity contribution in [1.29, 1.82) is 5.26 Å². The van der Waals surface area contributed by atoms with E-state index >= 15 is 0 Å². The summed E-state index contributed by atoms with van der Waals surface area (Å²) >= 11 is 0. The van der Waals surface area contributed by atoms with Crippen LogP contribution in [0.25, 0.3) is 0 Å². The molecule has 2 rings (SSSR count). The summed E-state index contributed by atoms with van der Waals surface area (Å²) in [4.78, 5) is 36.4. The van der Waals surface area contributed by atoms with Crippen LogP contribution in [0.1, 0.15) is 54.6 Å². The largest absolute Gasteiger partial charge is 0.453 e. The zero-order valence-electron chi connectivity index (χ0n) is 16.6. The van der Waals surface area contributed by atoms with Gasteiger partial charge in [0.2, 0.25) is 0 Å². The molecule has 0 heterocycles. The Morgan fingerprint density at radius 1 is 1.07 bits per heavy atom. The van der Waals surface area contributed by atoms with Crippen molar-refractivity contribution in [2.24, 2.45) is 0 Å². The maximum atomic E-state index is 12.2. The number of para-hydroxylation sites is 1. The van der Waals surface area contributed by atoms with Gasteiger partial charge >= 0.3 is 5.97 Å². The predicted molar refractivity (Wildman–Crippen MR) is 109 cm³/mol. The first kappa shape index (κ1) is 21.8. The lowest BCUT2D eigenvalue weighted by atomic mass is 10.0. The van der Waals surface area contributed by atoms with Crippen molar-refractivity contribution in [3.63, 3.8) is 0 Å². The Labute approximate surface area is 170 Å². The Morgan fingerprint density at radius 3 is 2.41 bits per heavy atom. The summed E-state index contributed by atoms with van der Waals surface area (Å²) < 4.78 is 5.11. The lowest BCUT2D eigenvalue weighted by Crippen LogP contribution is -2.30. The molecule has 0 unspecified atom stereocenters. The number of carbonyl (C=O) groups is 3. The minimum absolute atomic E-state index is 0.0115. The quantitative estimate of drug-likeness (QED) is 0.513. The molecule has 0 aliphatic heterocycles. The summed E-state index contributed by atoms with van der Waals surface area (Å²) in [5, 5.41) is 11.6. The molecule has 0 saturated carbocycles. The fourth-order valence-electron chi connectivity index (χ4n) is 2.74. The molecule has 6 nitrogen and oxygen atoms in total. The summed E-state index contributed by atoms with van der Waals surface area (Å²) in [6, 6.07) is 15.9. The van der Waals surface area contributed by atoms with Gasteiger partial charge in [-0.1, -0.05) is 49.7 Å². The van der Waals surface area contributed by atoms with Gasteiger partial charge < -0.3 is 10.1 Å². The molecular formula is C23H24N2O4. The molecule has 0 saturated heterocycles. The van der Waals surface area contributed by atoms with Crippen LogP contribution in [0.4, 0.5) is 5.69 Å². The monoisotopic (exact) mass is 392 g/mol. The molecule has 0 fully saturated rings. The van der Waals surface area contributed by atoms with Crippen LogP contribution in [0.5, 0.6) is 0 Å². The fraction of sp³-hybridized carbons (Fsp3) is 0.304. The summed E-state index contributed by atoms with van der Waals surface area (Å²) in [6.07, 6.45) is 0.851. The maximum absolute atomic E-state index is 12.2. The number of benzene rings is 2. The van der Waals surface area contributed by atoms with Crippen LogP contribution in [0.2, 0.25) is 0 Å². The number of anilines is 1. The number of ether oxygens (including phenoxy) is 1. The van der Waals surface area contributed by atoms with Gasteiger partial charge in [0.05, 0.1) is 17.7 Å². The second kappa shape index (κ2) is 10.8. The number of esters is 1. The van der Waals surface area contributed by atoms with Crippen molar-refractivity contribution >= 4 is 23.3 Å². The molecule has 0 aliphatic carbocycles. The highest BCUT2D eigenvalue weighted by molar-refractivity contribution is 5.98. The van der Waals surface area contributed by atoms with E-state index in [1.54, 1.807) is 36.4 Å². The van der Waals surface area contributed by atoms with Crippen molar-refractivity contribution in [1.82, 2.24) is 0 Å². The number of Topliss-reactive ketones (excluding diaryl/α,β-unsaturated/α-hetero) is 1. The molecule has 2 aromatic carbocycles. The molecule has 0 aromatic heterocycles. The molecule has 0 spiro atoms. The van der Waals surface area contributed by atoms with Crippen molar-refractivity contribution in [2.45, 2.75) is 45.6 Å². The van der Waals surface area contributed by atoms with Crippen molar-refractivity contribution in [2.75, 3.05) is 5.32 Å². The molecule has 29 heavy (non-hydrogen) atoms. The van der Waals surface area contributed by atoms with Gasteiger partial charge in [0.1, 0.15) is 6.07 Å². The number of nitriles is 1. The molecule has 0 bridgehead atoms. The smallest absolute Gasteiger partial charge is 0.307 e. The average Bonchev–Trinajstić information content (AvgIpc) is 2.73.